The van der Waals surface area contributed by atoms with Crippen LogP contribution in [0.5, 0.6) is 0 Å². The maximum Gasteiger partial charge on any atom is 0.356 e. The van der Waals surface area contributed by atoms with Gasteiger partial charge in [0.05, 0.1) is 13.2 Å². The first-order valence-electron chi connectivity index (χ1n) is 11.4. The van der Waals surface area contributed by atoms with E-state index in [1.54, 1.807) is 6.07 Å². The molecule has 0 spiro atoms. The van der Waals surface area contributed by atoms with Crippen LogP contribution < -0.4 is 0 Å². The van der Waals surface area contributed by atoms with Crippen LogP contribution in [-0.2, 0) is 15.6 Å². The van der Waals surface area contributed by atoms with E-state index >= 15 is 0 Å². The monoisotopic (exact) mass is 439 g/mol. The standard InChI is InChI=1S/C26H37NO3Si/c1-26(2,3)31(5,6)30-24(21-10-8-7-9-11-21)22-14-12-19(17-22)16-20-13-15-23(27-18-20)25(28)29-4/h7-11,13,15,18-19,22,24H,12,14,16-17H2,1-6H3/t19-,22-,24+/m0/s1. The maximum atomic E-state index is 11.6. The summed E-state index contributed by atoms with van der Waals surface area (Å²) in [6.45, 7) is 11.6. The lowest BCUT2D eigenvalue weighted by Crippen LogP contribution is -2.43. The normalized spacial score (nSPS) is 20.5. The Kier molecular flexibility index (Phi) is 7.38. The Bertz CT molecular complexity index is 858. The fourth-order valence-electron chi connectivity index (χ4n) is 4.25. The number of hydrogen-bond acceptors (Lipinski definition) is 4. The van der Waals surface area contributed by atoms with E-state index in [0.29, 0.717) is 17.5 Å². The molecule has 1 saturated carbocycles. The summed E-state index contributed by atoms with van der Waals surface area (Å²) < 4.78 is 11.7. The molecular weight excluding hydrogens is 402 g/mol. The van der Waals surface area contributed by atoms with Crippen molar-refractivity contribution in [3.63, 3.8) is 0 Å². The molecule has 0 unspecified atom stereocenters. The Morgan fingerprint density at radius 1 is 1.13 bits per heavy atom. The van der Waals surface area contributed by atoms with E-state index in [2.05, 4.69) is 69.2 Å². The minimum Gasteiger partial charge on any atom is -0.464 e. The Labute approximate surface area is 188 Å². The van der Waals surface area contributed by atoms with E-state index in [0.717, 1.165) is 12.8 Å². The highest BCUT2D eigenvalue weighted by Gasteiger charge is 2.42. The molecule has 5 heteroatoms. The predicted octanol–water partition coefficient (Wildman–Crippen LogP) is 6.59. The Morgan fingerprint density at radius 2 is 1.84 bits per heavy atom. The van der Waals surface area contributed by atoms with Crippen LogP contribution in [0, 0.1) is 11.8 Å². The lowest BCUT2D eigenvalue weighted by Gasteiger charge is -2.41. The van der Waals surface area contributed by atoms with E-state index in [4.69, 9.17) is 9.16 Å². The van der Waals surface area contributed by atoms with Crippen molar-refractivity contribution in [2.24, 2.45) is 11.8 Å². The number of hydrogen-bond donors (Lipinski definition) is 0. The molecule has 0 N–H and O–H groups in total. The summed E-state index contributed by atoms with van der Waals surface area (Å²) >= 11 is 0. The molecule has 31 heavy (non-hydrogen) atoms. The number of carbonyl (C=O) groups excluding carboxylic acids is 1. The van der Waals surface area contributed by atoms with Gasteiger partial charge in [0.2, 0.25) is 0 Å². The fourth-order valence-corrected chi connectivity index (χ4v) is 5.57. The number of benzene rings is 1. The molecule has 3 atom stereocenters. The van der Waals surface area contributed by atoms with Crippen molar-refractivity contribution < 1.29 is 14.0 Å². The van der Waals surface area contributed by atoms with Crippen LogP contribution in [0.4, 0.5) is 0 Å². The van der Waals surface area contributed by atoms with Gasteiger partial charge >= 0.3 is 5.97 Å². The lowest BCUT2D eigenvalue weighted by molar-refractivity contribution is 0.0594. The molecule has 0 amide bonds. The fraction of sp³-hybridized carbons (Fsp3) is 0.538. The molecule has 168 valence electrons. The number of ether oxygens (including phenoxy) is 1. The largest absolute Gasteiger partial charge is 0.464 e. The van der Waals surface area contributed by atoms with E-state index in [9.17, 15) is 4.79 Å². The van der Waals surface area contributed by atoms with Gasteiger partial charge in [0.15, 0.2) is 8.32 Å². The summed E-state index contributed by atoms with van der Waals surface area (Å²) in [7, 11) is -0.508. The highest BCUT2D eigenvalue weighted by molar-refractivity contribution is 6.74. The maximum absolute atomic E-state index is 11.6. The molecule has 1 heterocycles. The van der Waals surface area contributed by atoms with Gasteiger partial charge in [-0.15, -0.1) is 0 Å². The highest BCUT2D eigenvalue weighted by atomic mass is 28.4. The van der Waals surface area contributed by atoms with Crippen LogP contribution in [0.3, 0.4) is 0 Å². The quantitative estimate of drug-likeness (QED) is 0.361. The van der Waals surface area contributed by atoms with Crippen LogP contribution in [0.15, 0.2) is 48.7 Å². The Morgan fingerprint density at radius 3 is 2.42 bits per heavy atom. The summed E-state index contributed by atoms with van der Waals surface area (Å²) in [6.07, 6.45) is 6.52. The molecule has 0 bridgehead atoms. The van der Waals surface area contributed by atoms with E-state index < -0.39 is 8.32 Å². The van der Waals surface area contributed by atoms with E-state index in [1.807, 2.05) is 12.3 Å². The molecular formula is C26H37NO3Si. The van der Waals surface area contributed by atoms with Gasteiger partial charge in [-0.1, -0.05) is 57.2 Å². The molecule has 1 aromatic carbocycles. The number of carbonyl (C=O) groups is 1. The molecule has 0 aliphatic heterocycles. The molecule has 0 saturated heterocycles. The van der Waals surface area contributed by atoms with Crippen molar-refractivity contribution >= 4 is 14.3 Å². The third kappa shape index (κ3) is 5.83. The molecule has 3 rings (SSSR count). The predicted molar refractivity (Wildman–Crippen MR) is 128 cm³/mol. The first-order valence-corrected chi connectivity index (χ1v) is 14.3. The first-order chi connectivity index (χ1) is 14.6. The molecule has 4 nitrogen and oxygen atoms in total. The second-order valence-electron chi connectivity index (χ2n) is 10.4. The number of aromatic nitrogens is 1. The first kappa shape index (κ1) is 23.7. The van der Waals surface area contributed by atoms with Crippen LogP contribution in [0.25, 0.3) is 0 Å². The van der Waals surface area contributed by atoms with Crippen molar-refractivity contribution in [2.75, 3.05) is 7.11 Å². The highest BCUT2D eigenvalue weighted by Crippen LogP contribution is 2.47. The van der Waals surface area contributed by atoms with Crippen molar-refractivity contribution in [3.8, 4) is 0 Å². The van der Waals surface area contributed by atoms with Crippen molar-refractivity contribution in [3.05, 3.63) is 65.5 Å². The molecule has 0 radical (unpaired) electrons. The number of nitrogens with zero attached hydrogens (tertiary/aromatic N) is 1. The van der Waals surface area contributed by atoms with Crippen LogP contribution >= 0.6 is 0 Å². The summed E-state index contributed by atoms with van der Waals surface area (Å²) in [5.74, 6) is 0.759. The smallest absolute Gasteiger partial charge is 0.356 e. The van der Waals surface area contributed by atoms with Crippen molar-refractivity contribution in [1.29, 1.82) is 0 Å². The van der Waals surface area contributed by atoms with Gasteiger partial charge in [-0.3, -0.25) is 0 Å². The summed E-state index contributed by atoms with van der Waals surface area (Å²) in [4.78, 5) is 15.9. The number of methoxy groups -OCH3 is 1. The number of esters is 1. The topological polar surface area (TPSA) is 48.4 Å². The van der Waals surface area contributed by atoms with Crippen LogP contribution in [0.1, 0.15) is 67.8 Å². The van der Waals surface area contributed by atoms with E-state index in [-0.39, 0.29) is 17.1 Å². The minimum atomic E-state index is -1.89. The van der Waals surface area contributed by atoms with Crippen molar-refractivity contribution in [2.45, 2.75) is 70.7 Å². The van der Waals surface area contributed by atoms with Gasteiger partial charge in [0, 0.05) is 6.20 Å². The Balaban J connectivity index is 1.71. The van der Waals surface area contributed by atoms with Gasteiger partial charge in [-0.2, -0.15) is 0 Å². The van der Waals surface area contributed by atoms with Crippen molar-refractivity contribution in [1.82, 2.24) is 4.98 Å². The number of pyridine rings is 1. The van der Waals surface area contributed by atoms with Gasteiger partial charge < -0.3 is 9.16 Å². The van der Waals surface area contributed by atoms with E-state index in [1.165, 1.54) is 31.1 Å². The van der Waals surface area contributed by atoms with Gasteiger partial charge in [0.1, 0.15) is 5.69 Å². The molecule has 1 aliphatic rings. The summed E-state index contributed by atoms with van der Waals surface area (Å²) in [5.41, 5.74) is 2.85. The third-order valence-electron chi connectivity index (χ3n) is 7.11. The second kappa shape index (κ2) is 9.66. The summed E-state index contributed by atoms with van der Waals surface area (Å²) in [5, 5.41) is 0.186. The summed E-state index contributed by atoms with van der Waals surface area (Å²) in [6, 6.07) is 14.5. The average Bonchev–Trinajstić information content (AvgIpc) is 3.20. The molecule has 2 aromatic rings. The zero-order chi connectivity index (χ0) is 22.6. The van der Waals surface area contributed by atoms with Crippen LogP contribution in [-0.4, -0.2) is 26.4 Å². The second-order valence-corrected chi connectivity index (χ2v) is 15.2. The molecule has 1 aromatic heterocycles. The lowest BCUT2D eigenvalue weighted by atomic mass is 9.92. The van der Waals surface area contributed by atoms with Crippen LogP contribution in [0.2, 0.25) is 18.1 Å². The molecule has 1 fully saturated rings. The van der Waals surface area contributed by atoms with Gasteiger partial charge in [-0.05, 0) is 72.8 Å². The zero-order valence-electron chi connectivity index (χ0n) is 19.9. The average molecular weight is 440 g/mol. The number of rotatable bonds is 7. The zero-order valence-corrected chi connectivity index (χ0v) is 20.9. The molecule has 1 aliphatic carbocycles. The third-order valence-corrected chi connectivity index (χ3v) is 11.6. The minimum absolute atomic E-state index is 0.159. The SMILES string of the molecule is COC(=O)c1ccc(C[C@@H]2CC[C@H]([C@H](O[Si](C)(C)C(C)(C)C)c3ccccc3)C2)cn1. The van der Waals surface area contributed by atoms with Gasteiger partial charge in [-0.25, -0.2) is 9.78 Å². The van der Waals surface area contributed by atoms with Gasteiger partial charge in [0.25, 0.3) is 0 Å². The Hall–Kier alpha value is -1.98.